The van der Waals surface area contributed by atoms with Crippen LogP contribution >= 0.6 is 11.6 Å². The summed E-state index contributed by atoms with van der Waals surface area (Å²) in [6.45, 7) is 7.08. The van der Waals surface area contributed by atoms with E-state index in [-0.39, 0.29) is 0 Å². The fraction of sp³-hybridized carbons (Fsp3) is 0.333. The van der Waals surface area contributed by atoms with Crippen LogP contribution in [0.5, 0.6) is 11.5 Å². The topological polar surface area (TPSA) is 55.7 Å². The van der Waals surface area contributed by atoms with Crippen molar-refractivity contribution in [1.29, 1.82) is 0 Å². The number of hydrogen-bond donors (Lipinski definition) is 0. The van der Waals surface area contributed by atoms with Crippen LogP contribution < -0.4 is 14.4 Å². The zero-order chi connectivity index (χ0) is 19.9. The highest BCUT2D eigenvalue weighted by Gasteiger charge is 2.20. The van der Waals surface area contributed by atoms with Gasteiger partial charge in [-0.15, -0.1) is 0 Å². The maximum atomic E-state index is 6.37. The number of rotatable bonds is 7. The van der Waals surface area contributed by atoms with Gasteiger partial charge in [-0.3, -0.25) is 9.98 Å². The van der Waals surface area contributed by atoms with Gasteiger partial charge < -0.3 is 19.1 Å². The van der Waals surface area contributed by atoms with Gasteiger partial charge >= 0.3 is 0 Å². The lowest BCUT2D eigenvalue weighted by molar-refractivity contribution is 0.122. The molecule has 1 aliphatic rings. The first-order valence-corrected chi connectivity index (χ1v) is 9.40. The number of aliphatic imine (C=N–C) groups is 2. The second-order valence-electron chi connectivity index (χ2n) is 6.25. The molecular weight excluding hydrogens is 378 g/mol. The molecule has 1 heterocycles. The lowest BCUT2D eigenvalue weighted by atomic mass is 10.1. The predicted molar refractivity (Wildman–Crippen MR) is 114 cm³/mol. The Hall–Kier alpha value is -2.57. The molecule has 1 aliphatic heterocycles. The second kappa shape index (κ2) is 9.57. The summed E-state index contributed by atoms with van der Waals surface area (Å²) in [5, 5.41) is 0.334. The first-order valence-electron chi connectivity index (χ1n) is 9.02. The minimum Gasteiger partial charge on any atom is -0.497 e. The largest absolute Gasteiger partial charge is 0.497 e. The zero-order valence-electron chi connectivity index (χ0n) is 16.2. The molecule has 7 heteroatoms. The smallest absolute Gasteiger partial charge is 0.136 e. The van der Waals surface area contributed by atoms with Crippen LogP contribution in [-0.4, -0.2) is 52.3 Å². The Morgan fingerprint density at radius 2 is 1.93 bits per heavy atom. The summed E-state index contributed by atoms with van der Waals surface area (Å²) in [6, 6.07) is 11.7. The minimum atomic E-state index is 0.334. The zero-order valence-corrected chi connectivity index (χ0v) is 16.9. The van der Waals surface area contributed by atoms with Gasteiger partial charge in [0.25, 0.3) is 0 Å². The predicted octanol–water partition coefficient (Wildman–Crippen LogP) is 4.06. The molecule has 1 saturated heterocycles. The van der Waals surface area contributed by atoms with E-state index < -0.39 is 0 Å². The van der Waals surface area contributed by atoms with Gasteiger partial charge in [0.1, 0.15) is 23.3 Å². The molecule has 0 aromatic heterocycles. The van der Waals surface area contributed by atoms with E-state index in [2.05, 4.69) is 21.6 Å². The van der Waals surface area contributed by atoms with Crippen LogP contribution in [0.2, 0.25) is 0 Å². The van der Waals surface area contributed by atoms with Crippen molar-refractivity contribution in [2.45, 2.75) is 6.61 Å². The summed E-state index contributed by atoms with van der Waals surface area (Å²) >= 11 is 6.37. The van der Waals surface area contributed by atoms with Crippen molar-refractivity contribution >= 4 is 34.9 Å². The summed E-state index contributed by atoms with van der Waals surface area (Å²) in [5.41, 5.74) is 3.30. The molecule has 2 aromatic carbocycles. The fourth-order valence-corrected chi connectivity index (χ4v) is 3.22. The number of halogens is 1. The van der Waals surface area contributed by atoms with Crippen LogP contribution in [0.15, 0.2) is 46.4 Å². The van der Waals surface area contributed by atoms with Crippen molar-refractivity contribution in [2.75, 3.05) is 45.4 Å². The van der Waals surface area contributed by atoms with Gasteiger partial charge in [0, 0.05) is 31.9 Å². The Balaban J connectivity index is 1.93. The molecule has 3 rings (SSSR count). The maximum Gasteiger partial charge on any atom is 0.136 e. The van der Waals surface area contributed by atoms with Crippen molar-refractivity contribution in [1.82, 2.24) is 0 Å². The summed E-state index contributed by atoms with van der Waals surface area (Å²) in [5.74, 6) is 1.43. The van der Waals surface area contributed by atoms with Crippen LogP contribution in [0, 0.1) is 0 Å². The lowest BCUT2D eigenvalue weighted by Crippen LogP contribution is -2.36. The molecular formula is C21H24ClN3O3. The minimum absolute atomic E-state index is 0.334. The molecule has 1 fully saturated rings. The average Bonchev–Trinajstić information content (AvgIpc) is 2.77. The second-order valence-corrected chi connectivity index (χ2v) is 6.60. The third-order valence-electron chi connectivity index (χ3n) is 4.57. The van der Waals surface area contributed by atoms with Gasteiger partial charge in [-0.2, -0.15) is 0 Å². The van der Waals surface area contributed by atoms with Gasteiger partial charge in [-0.05, 0) is 30.5 Å². The van der Waals surface area contributed by atoms with Crippen molar-refractivity contribution < 1.29 is 14.2 Å². The lowest BCUT2D eigenvalue weighted by Gasteiger charge is -2.30. The Morgan fingerprint density at radius 3 is 2.54 bits per heavy atom. The number of anilines is 1. The summed E-state index contributed by atoms with van der Waals surface area (Å²) in [6.07, 6.45) is 0. The van der Waals surface area contributed by atoms with Crippen LogP contribution in [0.4, 0.5) is 11.4 Å². The Labute approximate surface area is 170 Å². The monoisotopic (exact) mass is 401 g/mol. The highest BCUT2D eigenvalue weighted by Crippen LogP contribution is 2.37. The molecule has 0 amide bonds. The number of nitrogens with zero attached hydrogens (tertiary/aromatic N) is 3. The van der Waals surface area contributed by atoms with Crippen LogP contribution in [0.3, 0.4) is 0 Å². The van der Waals surface area contributed by atoms with E-state index in [1.807, 2.05) is 36.4 Å². The molecule has 0 N–H and O–H groups in total. The van der Waals surface area contributed by atoms with Gasteiger partial charge in [0.2, 0.25) is 0 Å². The molecule has 2 aromatic rings. The highest BCUT2D eigenvalue weighted by atomic mass is 35.5. The van der Waals surface area contributed by atoms with Crippen molar-refractivity contribution in [3.05, 3.63) is 47.5 Å². The molecule has 0 atom stereocenters. The van der Waals surface area contributed by atoms with E-state index in [0.717, 1.165) is 30.1 Å². The highest BCUT2D eigenvalue weighted by molar-refractivity contribution is 6.70. The molecule has 0 bridgehead atoms. The number of morpholine rings is 1. The van der Waals surface area contributed by atoms with Gasteiger partial charge in [0.05, 0.1) is 31.6 Å². The van der Waals surface area contributed by atoms with Gasteiger partial charge in [-0.1, -0.05) is 23.7 Å². The van der Waals surface area contributed by atoms with E-state index in [1.54, 1.807) is 14.2 Å². The summed E-state index contributed by atoms with van der Waals surface area (Å²) in [7, 11) is 3.28. The molecule has 0 spiro atoms. The molecule has 0 unspecified atom stereocenters. The first kappa shape index (κ1) is 20.2. The molecule has 0 saturated carbocycles. The van der Waals surface area contributed by atoms with Crippen molar-refractivity contribution in [3.8, 4) is 11.5 Å². The standard InChI is InChI=1S/C21H24ClN3O3/c1-23-18-12-16(25-8-10-27-11-9-25)13-19(20(18)21(22)24-2)28-14-15-4-6-17(26-3)7-5-15/h4-7,12-13H,1,8-11,14H2,2-3H3/b24-21+. The van der Waals surface area contributed by atoms with Gasteiger partial charge in [-0.25, -0.2) is 0 Å². The third kappa shape index (κ3) is 4.64. The molecule has 6 nitrogen and oxygen atoms in total. The summed E-state index contributed by atoms with van der Waals surface area (Å²) in [4.78, 5) is 10.5. The average molecular weight is 402 g/mol. The molecule has 28 heavy (non-hydrogen) atoms. The fourth-order valence-electron chi connectivity index (χ4n) is 3.03. The van der Waals surface area contributed by atoms with Crippen molar-refractivity contribution in [3.63, 3.8) is 0 Å². The molecule has 0 aliphatic carbocycles. The number of hydrogen-bond acceptors (Lipinski definition) is 6. The Kier molecular flexibility index (Phi) is 6.90. The number of methoxy groups -OCH3 is 1. The normalized spacial score (nSPS) is 14.7. The van der Waals surface area contributed by atoms with Crippen LogP contribution in [0.1, 0.15) is 11.1 Å². The Morgan fingerprint density at radius 1 is 1.21 bits per heavy atom. The number of ether oxygens (including phenoxy) is 3. The Bertz CT molecular complexity index is 847. The van der Waals surface area contributed by atoms with Gasteiger partial charge in [0.15, 0.2) is 0 Å². The van der Waals surface area contributed by atoms with Crippen LogP contribution in [-0.2, 0) is 11.3 Å². The SMILES string of the molecule is C=Nc1cc(N2CCOCC2)cc(OCc2ccc(OC)cc2)c1/C(Cl)=N\C. The van der Waals surface area contributed by atoms with E-state index in [4.69, 9.17) is 25.8 Å². The number of benzene rings is 2. The first-order chi connectivity index (χ1) is 13.7. The van der Waals surface area contributed by atoms with Crippen LogP contribution in [0.25, 0.3) is 0 Å². The van der Waals surface area contributed by atoms with E-state index in [0.29, 0.717) is 42.0 Å². The van der Waals surface area contributed by atoms with E-state index in [9.17, 15) is 0 Å². The molecule has 148 valence electrons. The maximum absolute atomic E-state index is 6.37. The summed E-state index contributed by atoms with van der Waals surface area (Å²) < 4.78 is 16.8. The quantitative estimate of drug-likeness (QED) is 0.656. The van der Waals surface area contributed by atoms with E-state index >= 15 is 0 Å². The van der Waals surface area contributed by atoms with E-state index in [1.165, 1.54) is 0 Å². The van der Waals surface area contributed by atoms with Crippen molar-refractivity contribution in [2.24, 2.45) is 9.98 Å². The third-order valence-corrected chi connectivity index (χ3v) is 4.93. The molecule has 0 radical (unpaired) electrons.